The minimum Gasteiger partial charge on any atom is -0.491 e. The van der Waals surface area contributed by atoms with E-state index in [1.807, 2.05) is 38.1 Å². The Hall–Kier alpha value is -3.06. The van der Waals surface area contributed by atoms with Gasteiger partial charge in [-0.25, -0.2) is 4.79 Å². The standard InChI is InChI=1S/C22H28N2O5/c1-3-12-29-22(26)17-8-10-18(11-9-17)24-21(25)16-23-19-6-5-7-20(15-19)28-14-13-27-4-2/h5-11,15,23H,3-4,12-14,16H2,1-2H3,(H,24,25). The van der Waals surface area contributed by atoms with Crippen LogP contribution in [0.3, 0.4) is 0 Å². The second kappa shape index (κ2) is 12.4. The van der Waals surface area contributed by atoms with E-state index in [1.54, 1.807) is 24.3 Å². The SMILES string of the molecule is CCCOC(=O)c1ccc(NC(=O)CNc2cccc(OCCOCC)c2)cc1. The fourth-order valence-electron chi connectivity index (χ4n) is 2.41. The van der Waals surface area contributed by atoms with Crippen LogP contribution in [0, 0.1) is 0 Å². The second-order valence-electron chi connectivity index (χ2n) is 6.19. The smallest absolute Gasteiger partial charge is 0.338 e. The van der Waals surface area contributed by atoms with Crippen molar-refractivity contribution in [3.05, 3.63) is 54.1 Å². The largest absolute Gasteiger partial charge is 0.491 e. The highest BCUT2D eigenvalue weighted by atomic mass is 16.5. The number of hydrogen-bond acceptors (Lipinski definition) is 6. The zero-order chi connectivity index (χ0) is 20.9. The van der Waals surface area contributed by atoms with Crippen molar-refractivity contribution in [3.8, 4) is 5.75 Å². The Morgan fingerprint density at radius 1 is 0.931 bits per heavy atom. The van der Waals surface area contributed by atoms with Gasteiger partial charge in [0.25, 0.3) is 0 Å². The molecule has 0 unspecified atom stereocenters. The Morgan fingerprint density at radius 3 is 2.45 bits per heavy atom. The molecule has 7 heteroatoms. The van der Waals surface area contributed by atoms with Crippen molar-refractivity contribution in [2.24, 2.45) is 0 Å². The predicted molar refractivity (Wildman–Crippen MR) is 113 cm³/mol. The fraction of sp³-hybridized carbons (Fsp3) is 0.364. The molecule has 0 aliphatic carbocycles. The number of rotatable bonds is 12. The monoisotopic (exact) mass is 400 g/mol. The number of amides is 1. The molecule has 0 fully saturated rings. The number of ether oxygens (including phenoxy) is 3. The lowest BCUT2D eigenvalue weighted by molar-refractivity contribution is -0.114. The van der Waals surface area contributed by atoms with Crippen LogP contribution in [-0.4, -0.2) is 44.8 Å². The zero-order valence-corrected chi connectivity index (χ0v) is 16.9. The number of carbonyl (C=O) groups excluding carboxylic acids is 2. The number of benzene rings is 2. The van der Waals surface area contributed by atoms with Gasteiger partial charge in [-0.2, -0.15) is 0 Å². The van der Waals surface area contributed by atoms with Gasteiger partial charge in [0, 0.05) is 24.0 Å². The molecule has 0 aromatic heterocycles. The summed E-state index contributed by atoms with van der Waals surface area (Å²) < 4.78 is 15.9. The van der Waals surface area contributed by atoms with Crippen molar-refractivity contribution >= 4 is 23.3 Å². The van der Waals surface area contributed by atoms with Crippen molar-refractivity contribution in [1.82, 2.24) is 0 Å². The summed E-state index contributed by atoms with van der Waals surface area (Å²) in [5, 5.41) is 5.85. The lowest BCUT2D eigenvalue weighted by atomic mass is 10.2. The molecule has 0 saturated carbocycles. The van der Waals surface area contributed by atoms with Crippen LogP contribution in [0.5, 0.6) is 5.75 Å². The molecule has 0 spiro atoms. The van der Waals surface area contributed by atoms with Crippen molar-refractivity contribution in [3.63, 3.8) is 0 Å². The summed E-state index contributed by atoms with van der Waals surface area (Å²) in [5.74, 6) is 0.143. The van der Waals surface area contributed by atoms with Gasteiger partial charge in [0.05, 0.1) is 25.3 Å². The maximum atomic E-state index is 12.2. The summed E-state index contributed by atoms with van der Waals surface area (Å²) in [4.78, 5) is 23.9. The third-order valence-corrected chi connectivity index (χ3v) is 3.83. The van der Waals surface area contributed by atoms with Crippen molar-refractivity contribution in [1.29, 1.82) is 0 Å². The first-order valence-corrected chi connectivity index (χ1v) is 9.74. The van der Waals surface area contributed by atoms with E-state index in [4.69, 9.17) is 14.2 Å². The molecule has 0 aliphatic rings. The Kier molecular flexibility index (Phi) is 9.51. The molecule has 7 nitrogen and oxygen atoms in total. The van der Waals surface area contributed by atoms with Crippen molar-refractivity contribution in [2.45, 2.75) is 20.3 Å². The van der Waals surface area contributed by atoms with Gasteiger partial charge < -0.3 is 24.8 Å². The minimum atomic E-state index is -0.366. The molecule has 0 atom stereocenters. The Labute approximate surface area is 171 Å². The summed E-state index contributed by atoms with van der Waals surface area (Å²) in [7, 11) is 0. The minimum absolute atomic E-state index is 0.0999. The summed E-state index contributed by atoms with van der Waals surface area (Å²) in [5.41, 5.74) is 1.84. The van der Waals surface area contributed by atoms with Gasteiger partial charge in [-0.1, -0.05) is 13.0 Å². The van der Waals surface area contributed by atoms with E-state index in [-0.39, 0.29) is 18.4 Å². The summed E-state index contributed by atoms with van der Waals surface area (Å²) >= 11 is 0. The molecule has 0 aliphatic heterocycles. The molecule has 29 heavy (non-hydrogen) atoms. The Morgan fingerprint density at radius 2 is 1.72 bits per heavy atom. The lowest BCUT2D eigenvalue weighted by Crippen LogP contribution is -2.21. The molecular weight excluding hydrogens is 372 g/mol. The average molecular weight is 400 g/mol. The van der Waals surface area contributed by atoms with E-state index in [2.05, 4.69) is 10.6 Å². The van der Waals surface area contributed by atoms with Crippen molar-refractivity contribution in [2.75, 3.05) is 43.6 Å². The Balaban J connectivity index is 1.78. The number of anilines is 2. The van der Waals surface area contributed by atoms with Gasteiger partial charge in [-0.3, -0.25) is 4.79 Å². The second-order valence-corrected chi connectivity index (χ2v) is 6.19. The van der Waals surface area contributed by atoms with Crippen LogP contribution >= 0.6 is 0 Å². The van der Waals surface area contributed by atoms with Gasteiger partial charge in [-0.05, 0) is 49.7 Å². The number of hydrogen-bond donors (Lipinski definition) is 2. The highest BCUT2D eigenvalue weighted by Gasteiger charge is 2.08. The first-order chi connectivity index (χ1) is 14.1. The topological polar surface area (TPSA) is 85.9 Å². The average Bonchev–Trinajstić information content (AvgIpc) is 2.74. The summed E-state index contributed by atoms with van der Waals surface area (Å²) in [6, 6.07) is 14.0. The molecule has 2 rings (SSSR count). The molecule has 0 heterocycles. The summed E-state index contributed by atoms with van der Waals surface area (Å²) in [6.07, 6.45) is 0.773. The molecule has 0 radical (unpaired) electrons. The molecule has 2 N–H and O–H groups in total. The van der Waals surface area contributed by atoms with E-state index in [9.17, 15) is 9.59 Å². The van der Waals surface area contributed by atoms with E-state index < -0.39 is 0 Å². The number of esters is 1. The third-order valence-electron chi connectivity index (χ3n) is 3.83. The lowest BCUT2D eigenvalue weighted by Gasteiger charge is -2.11. The van der Waals surface area contributed by atoms with Gasteiger partial charge >= 0.3 is 5.97 Å². The normalized spacial score (nSPS) is 10.3. The molecule has 1 amide bonds. The molecule has 0 bridgehead atoms. The van der Waals surface area contributed by atoms with E-state index in [1.165, 1.54) is 0 Å². The number of nitrogens with one attached hydrogen (secondary N) is 2. The van der Waals surface area contributed by atoms with Crippen LogP contribution in [0.25, 0.3) is 0 Å². The molecule has 2 aromatic carbocycles. The highest BCUT2D eigenvalue weighted by molar-refractivity contribution is 5.95. The first-order valence-electron chi connectivity index (χ1n) is 9.74. The van der Waals surface area contributed by atoms with Crippen molar-refractivity contribution < 1.29 is 23.8 Å². The highest BCUT2D eigenvalue weighted by Crippen LogP contribution is 2.17. The van der Waals surface area contributed by atoms with Crippen LogP contribution in [0.4, 0.5) is 11.4 Å². The molecule has 0 saturated heterocycles. The van der Waals surface area contributed by atoms with Gasteiger partial charge in [0.15, 0.2) is 0 Å². The van der Waals surface area contributed by atoms with E-state index in [0.717, 1.165) is 12.1 Å². The first kappa shape index (κ1) is 22.2. The van der Waals surface area contributed by atoms with Gasteiger partial charge in [0.1, 0.15) is 12.4 Å². The molecular formula is C22H28N2O5. The van der Waals surface area contributed by atoms with Crippen LogP contribution in [0.2, 0.25) is 0 Å². The molecule has 156 valence electrons. The van der Waals surface area contributed by atoms with Crippen LogP contribution in [0.15, 0.2) is 48.5 Å². The van der Waals surface area contributed by atoms with E-state index in [0.29, 0.717) is 43.4 Å². The maximum absolute atomic E-state index is 12.2. The zero-order valence-electron chi connectivity index (χ0n) is 16.9. The van der Waals surface area contributed by atoms with Gasteiger partial charge in [-0.15, -0.1) is 0 Å². The summed E-state index contributed by atoms with van der Waals surface area (Å²) in [6.45, 7) is 6.03. The number of carbonyl (C=O) groups is 2. The van der Waals surface area contributed by atoms with Gasteiger partial charge in [0.2, 0.25) is 5.91 Å². The third kappa shape index (κ3) is 8.23. The van der Waals surface area contributed by atoms with Crippen LogP contribution in [-0.2, 0) is 14.3 Å². The van der Waals surface area contributed by atoms with E-state index >= 15 is 0 Å². The Bertz CT molecular complexity index is 777. The maximum Gasteiger partial charge on any atom is 0.338 e. The fourth-order valence-corrected chi connectivity index (χ4v) is 2.41. The quantitative estimate of drug-likeness (QED) is 0.417. The molecule has 2 aromatic rings. The predicted octanol–water partition coefficient (Wildman–Crippen LogP) is 3.72. The van der Waals surface area contributed by atoms with Crippen LogP contribution < -0.4 is 15.4 Å². The van der Waals surface area contributed by atoms with Crippen LogP contribution in [0.1, 0.15) is 30.6 Å².